The van der Waals surface area contributed by atoms with Gasteiger partial charge in [0.15, 0.2) is 0 Å². The molecule has 0 spiro atoms. The Balaban J connectivity index is 1.62. The van der Waals surface area contributed by atoms with Gasteiger partial charge in [-0.05, 0) is 38.3 Å². The van der Waals surface area contributed by atoms with Crippen LogP contribution < -0.4 is 15.5 Å². The SMILES string of the molecule is C[C@@H](NC(=O)C1CCCC1)C(=O)NCCCN(C)c1ccccc1. The van der Waals surface area contributed by atoms with Gasteiger partial charge in [0.1, 0.15) is 6.04 Å². The fourth-order valence-electron chi connectivity index (χ4n) is 3.08. The lowest BCUT2D eigenvalue weighted by Gasteiger charge is -2.20. The molecule has 0 saturated heterocycles. The molecule has 2 amide bonds. The Labute approximate surface area is 144 Å². The Kier molecular flexibility index (Phi) is 7.09. The highest BCUT2D eigenvalue weighted by Gasteiger charge is 2.25. The van der Waals surface area contributed by atoms with E-state index in [1.165, 1.54) is 5.69 Å². The molecule has 0 aromatic heterocycles. The van der Waals surface area contributed by atoms with Crippen LogP contribution in [0.2, 0.25) is 0 Å². The Morgan fingerprint density at radius 3 is 2.54 bits per heavy atom. The molecule has 132 valence electrons. The summed E-state index contributed by atoms with van der Waals surface area (Å²) in [6.45, 7) is 3.23. The van der Waals surface area contributed by atoms with E-state index in [0.717, 1.165) is 38.6 Å². The van der Waals surface area contributed by atoms with Crippen LogP contribution in [-0.2, 0) is 9.59 Å². The van der Waals surface area contributed by atoms with Gasteiger partial charge in [-0.3, -0.25) is 9.59 Å². The molecule has 1 aromatic rings. The Morgan fingerprint density at radius 2 is 1.88 bits per heavy atom. The van der Waals surface area contributed by atoms with Crippen molar-refractivity contribution in [3.63, 3.8) is 0 Å². The Morgan fingerprint density at radius 1 is 1.21 bits per heavy atom. The standard InChI is InChI=1S/C19H29N3O2/c1-15(21-19(24)16-9-6-7-10-16)18(23)20-13-8-14-22(2)17-11-4-3-5-12-17/h3-5,11-12,15-16H,6-10,13-14H2,1-2H3,(H,20,23)(H,21,24)/t15-/m1/s1. The molecule has 1 aliphatic carbocycles. The lowest BCUT2D eigenvalue weighted by atomic mass is 10.1. The predicted molar refractivity (Wildman–Crippen MR) is 96.9 cm³/mol. The summed E-state index contributed by atoms with van der Waals surface area (Å²) in [4.78, 5) is 26.3. The lowest BCUT2D eigenvalue weighted by Crippen LogP contribution is -2.46. The van der Waals surface area contributed by atoms with Crippen LogP contribution in [0.25, 0.3) is 0 Å². The first-order valence-electron chi connectivity index (χ1n) is 8.92. The summed E-state index contributed by atoms with van der Waals surface area (Å²) in [6, 6.07) is 9.70. The van der Waals surface area contributed by atoms with Gasteiger partial charge < -0.3 is 15.5 Å². The largest absolute Gasteiger partial charge is 0.375 e. The van der Waals surface area contributed by atoms with Crippen molar-refractivity contribution >= 4 is 17.5 Å². The number of benzene rings is 1. The van der Waals surface area contributed by atoms with E-state index in [1.54, 1.807) is 6.92 Å². The fraction of sp³-hybridized carbons (Fsp3) is 0.579. The van der Waals surface area contributed by atoms with Crippen LogP contribution in [0.15, 0.2) is 30.3 Å². The highest BCUT2D eigenvalue weighted by atomic mass is 16.2. The maximum absolute atomic E-state index is 12.1. The zero-order valence-corrected chi connectivity index (χ0v) is 14.8. The predicted octanol–water partition coefficient (Wildman–Crippen LogP) is 2.32. The van der Waals surface area contributed by atoms with Crippen molar-refractivity contribution in [2.45, 2.75) is 45.1 Å². The van der Waals surface area contributed by atoms with Crippen LogP contribution in [-0.4, -0.2) is 38.0 Å². The summed E-state index contributed by atoms with van der Waals surface area (Å²) in [5.41, 5.74) is 1.17. The van der Waals surface area contributed by atoms with Gasteiger partial charge in [-0.2, -0.15) is 0 Å². The molecule has 2 rings (SSSR count). The molecule has 0 aliphatic heterocycles. The van der Waals surface area contributed by atoms with Gasteiger partial charge in [0, 0.05) is 31.7 Å². The number of rotatable bonds is 8. The number of carbonyl (C=O) groups is 2. The van der Waals surface area contributed by atoms with E-state index in [0.29, 0.717) is 6.54 Å². The molecule has 1 aromatic carbocycles. The number of nitrogens with one attached hydrogen (secondary N) is 2. The van der Waals surface area contributed by atoms with Gasteiger partial charge in [0.05, 0.1) is 0 Å². The van der Waals surface area contributed by atoms with E-state index in [2.05, 4.69) is 27.7 Å². The molecule has 0 unspecified atom stereocenters. The number of hydrogen-bond acceptors (Lipinski definition) is 3. The van der Waals surface area contributed by atoms with E-state index >= 15 is 0 Å². The van der Waals surface area contributed by atoms with Crippen LogP contribution in [0.1, 0.15) is 39.0 Å². The van der Waals surface area contributed by atoms with Gasteiger partial charge in [0.25, 0.3) is 0 Å². The van der Waals surface area contributed by atoms with Gasteiger partial charge >= 0.3 is 0 Å². The van der Waals surface area contributed by atoms with Crippen LogP contribution >= 0.6 is 0 Å². The zero-order chi connectivity index (χ0) is 17.4. The molecule has 1 aliphatic rings. The molecule has 24 heavy (non-hydrogen) atoms. The third-order valence-electron chi connectivity index (χ3n) is 4.64. The van der Waals surface area contributed by atoms with Crippen molar-refractivity contribution in [1.29, 1.82) is 0 Å². The first-order chi connectivity index (χ1) is 11.6. The van der Waals surface area contributed by atoms with E-state index in [4.69, 9.17) is 0 Å². The number of anilines is 1. The molecule has 0 radical (unpaired) electrons. The van der Waals surface area contributed by atoms with Crippen molar-refractivity contribution in [2.75, 3.05) is 25.0 Å². The lowest BCUT2D eigenvalue weighted by molar-refractivity contribution is -0.130. The smallest absolute Gasteiger partial charge is 0.242 e. The number of nitrogens with zero attached hydrogens (tertiary/aromatic N) is 1. The summed E-state index contributed by atoms with van der Waals surface area (Å²) < 4.78 is 0. The summed E-state index contributed by atoms with van der Waals surface area (Å²) >= 11 is 0. The van der Waals surface area contributed by atoms with E-state index in [1.807, 2.05) is 25.2 Å². The van der Waals surface area contributed by atoms with Crippen molar-refractivity contribution in [3.05, 3.63) is 30.3 Å². The number of carbonyl (C=O) groups excluding carboxylic acids is 2. The molecule has 5 nitrogen and oxygen atoms in total. The molecular formula is C19H29N3O2. The summed E-state index contributed by atoms with van der Waals surface area (Å²) in [5, 5.41) is 5.74. The number of hydrogen-bond donors (Lipinski definition) is 2. The van der Waals surface area contributed by atoms with Crippen LogP contribution in [0, 0.1) is 5.92 Å². The topological polar surface area (TPSA) is 61.4 Å². The van der Waals surface area contributed by atoms with Crippen LogP contribution in [0.3, 0.4) is 0 Å². The summed E-state index contributed by atoms with van der Waals surface area (Å²) in [6.07, 6.45) is 5.00. The van der Waals surface area contributed by atoms with Gasteiger partial charge in [-0.15, -0.1) is 0 Å². The second kappa shape index (κ2) is 9.30. The summed E-state index contributed by atoms with van der Waals surface area (Å²) in [7, 11) is 2.04. The second-order valence-electron chi connectivity index (χ2n) is 6.61. The van der Waals surface area contributed by atoms with Gasteiger partial charge in [-0.25, -0.2) is 0 Å². The monoisotopic (exact) mass is 331 g/mol. The van der Waals surface area contributed by atoms with Crippen molar-refractivity contribution < 1.29 is 9.59 Å². The van der Waals surface area contributed by atoms with Crippen molar-refractivity contribution in [1.82, 2.24) is 10.6 Å². The van der Waals surface area contributed by atoms with Gasteiger partial charge in [-0.1, -0.05) is 31.0 Å². The molecular weight excluding hydrogens is 302 g/mol. The summed E-state index contributed by atoms with van der Waals surface area (Å²) in [5.74, 6) is 0.0162. The van der Waals surface area contributed by atoms with Crippen molar-refractivity contribution in [2.24, 2.45) is 5.92 Å². The highest BCUT2D eigenvalue weighted by Crippen LogP contribution is 2.24. The average Bonchev–Trinajstić information content (AvgIpc) is 3.13. The quantitative estimate of drug-likeness (QED) is 0.719. The molecule has 5 heteroatoms. The zero-order valence-electron chi connectivity index (χ0n) is 14.8. The van der Waals surface area contributed by atoms with Crippen LogP contribution in [0.4, 0.5) is 5.69 Å². The normalized spacial score (nSPS) is 15.8. The Hall–Kier alpha value is -2.04. The first kappa shape index (κ1) is 18.3. The van der Waals surface area contributed by atoms with E-state index < -0.39 is 6.04 Å². The molecule has 1 fully saturated rings. The minimum Gasteiger partial charge on any atom is -0.375 e. The maximum Gasteiger partial charge on any atom is 0.242 e. The first-order valence-corrected chi connectivity index (χ1v) is 8.92. The van der Waals surface area contributed by atoms with Crippen LogP contribution in [0.5, 0.6) is 0 Å². The molecule has 0 bridgehead atoms. The molecule has 1 atom stereocenters. The second-order valence-corrected chi connectivity index (χ2v) is 6.61. The number of para-hydroxylation sites is 1. The molecule has 2 N–H and O–H groups in total. The minimum absolute atomic E-state index is 0.0268. The Bertz CT molecular complexity index is 527. The number of amides is 2. The highest BCUT2D eigenvalue weighted by molar-refractivity contribution is 5.88. The van der Waals surface area contributed by atoms with Crippen molar-refractivity contribution in [3.8, 4) is 0 Å². The maximum atomic E-state index is 12.1. The van der Waals surface area contributed by atoms with E-state index in [-0.39, 0.29) is 17.7 Å². The molecule has 1 saturated carbocycles. The van der Waals surface area contributed by atoms with E-state index in [9.17, 15) is 9.59 Å². The molecule has 0 heterocycles. The fourth-order valence-corrected chi connectivity index (χ4v) is 3.08. The third-order valence-corrected chi connectivity index (χ3v) is 4.64. The minimum atomic E-state index is -0.468. The third kappa shape index (κ3) is 5.55. The average molecular weight is 331 g/mol. The van der Waals surface area contributed by atoms with Gasteiger partial charge in [0.2, 0.25) is 11.8 Å².